The monoisotopic (exact) mass is 220 g/mol. The van der Waals surface area contributed by atoms with Gasteiger partial charge in [-0.15, -0.1) is 11.3 Å². The second-order valence-electron chi connectivity index (χ2n) is 4.18. The number of nitriles is 1. The van der Waals surface area contributed by atoms with Crippen LogP contribution in [-0.4, -0.2) is 6.04 Å². The first-order valence-corrected chi connectivity index (χ1v) is 6.37. The van der Waals surface area contributed by atoms with Crippen LogP contribution in [-0.2, 0) is 0 Å². The van der Waals surface area contributed by atoms with Gasteiger partial charge in [0.05, 0.1) is 0 Å². The summed E-state index contributed by atoms with van der Waals surface area (Å²) in [6, 6.07) is 7.24. The third kappa shape index (κ3) is 2.58. The van der Waals surface area contributed by atoms with Crippen molar-refractivity contribution in [3.8, 4) is 6.07 Å². The van der Waals surface area contributed by atoms with Crippen molar-refractivity contribution in [1.29, 1.82) is 5.26 Å². The van der Waals surface area contributed by atoms with Crippen molar-refractivity contribution in [3.05, 3.63) is 21.9 Å². The summed E-state index contributed by atoms with van der Waals surface area (Å²) in [6.45, 7) is 2.19. The number of rotatable bonds is 3. The van der Waals surface area contributed by atoms with Crippen molar-refractivity contribution in [2.75, 3.05) is 0 Å². The first-order chi connectivity index (χ1) is 7.29. The molecule has 1 atom stereocenters. The lowest BCUT2D eigenvalue weighted by atomic mass is 10.2. The molecule has 1 aliphatic carbocycles. The maximum absolute atomic E-state index is 8.76. The Morgan fingerprint density at radius 2 is 2.20 bits per heavy atom. The molecule has 1 fully saturated rings. The van der Waals surface area contributed by atoms with E-state index in [9.17, 15) is 0 Å². The molecule has 3 heteroatoms. The van der Waals surface area contributed by atoms with Gasteiger partial charge < -0.3 is 5.32 Å². The number of thiophene rings is 1. The number of hydrogen-bond acceptors (Lipinski definition) is 3. The normalized spacial score (nSPS) is 18.9. The fourth-order valence-electron chi connectivity index (χ4n) is 2.17. The Hall–Kier alpha value is -0.850. The van der Waals surface area contributed by atoms with Gasteiger partial charge in [0, 0.05) is 17.0 Å². The van der Waals surface area contributed by atoms with Crippen LogP contribution in [0.4, 0.5) is 0 Å². The van der Waals surface area contributed by atoms with Crippen molar-refractivity contribution < 1.29 is 0 Å². The van der Waals surface area contributed by atoms with Crippen LogP contribution in [0.1, 0.15) is 48.4 Å². The molecule has 0 spiro atoms. The summed E-state index contributed by atoms with van der Waals surface area (Å²) >= 11 is 1.60. The summed E-state index contributed by atoms with van der Waals surface area (Å²) in [7, 11) is 0. The summed E-state index contributed by atoms with van der Waals surface area (Å²) in [5.74, 6) is 0. The minimum absolute atomic E-state index is 0.389. The number of nitrogens with one attached hydrogen (secondary N) is 1. The van der Waals surface area contributed by atoms with Crippen LogP contribution < -0.4 is 5.32 Å². The Bertz CT molecular complexity index is 358. The molecule has 1 unspecified atom stereocenters. The first kappa shape index (κ1) is 10.7. The highest BCUT2D eigenvalue weighted by atomic mass is 32.1. The highest BCUT2D eigenvalue weighted by Crippen LogP contribution is 2.26. The molecule has 0 amide bonds. The zero-order valence-electron chi connectivity index (χ0n) is 8.99. The van der Waals surface area contributed by atoms with Gasteiger partial charge in [0.25, 0.3) is 0 Å². The van der Waals surface area contributed by atoms with E-state index in [4.69, 9.17) is 5.26 Å². The minimum atomic E-state index is 0.389. The van der Waals surface area contributed by atoms with Gasteiger partial charge in [0.15, 0.2) is 0 Å². The smallest absolute Gasteiger partial charge is 0.110 e. The largest absolute Gasteiger partial charge is 0.307 e. The maximum Gasteiger partial charge on any atom is 0.110 e. The second kappa shape index (κ2) is 4.78. The molecule has 0 bridgehead atoms. The van der Waals surface area contributed by atoms with Gasteiger partial charge in [0.1, 0.15) is 10.9 Å². The summed E-state index contributed by atoms with van der Waals surface area (Å²) < 4.78 is 0. The van der Waals surface area contributed by atoms with Gasteiger partial charge in [-0.2, -0.15) is 5.26 Å². The van der Waals surface area contributed by atoms with E-state index in [1.807, 2.05) is 6.07 Å². The summed E-state index contributed by atoms with van der Waals surface area (Å²) in [5, 5.41) is 12.4. The third-order valence-electron chi connectivity index (χ3n) is 3.00. The average molecular weight is 220 g/mol. The molecular formula is C12H16N2S. The van der Waals surface area contributed by atoms with Crippen LogP contribution >= 0.6 is 11.3 Å². The molecule has 1 aromatic heterocycles. The van der Waals surface area contributed by atoms with Crippen molar-refractivity contribution in [2.45, 2.75) is 44.7 Å². The Labute approximate surface area is 94.9 Å². The molecule has 1 N–H and O–H groups in total. The minimum Gasteiger partial charge on any atom is -0.307 e. The van der Waals surface area contributed by atoms with Crippen LogP contribution in [0.2, 0.25) is 0 Å². The molecule has 2 rings (SSSR count). The standard InChI is InChI=1S/C12H16N2S/c1-9(14-10-4-2-3-5-10)12-7-6-11(8-13)15-12/h6-7,9-10,14H,2-5H2,1H3. The first-order valence-electron chi connectivity index (χ1n) is 5.55. The Morgan fingerprint density at radius 3 is 2.80 bits per heavy atom. The van der Waals surface area contributed by atoms with E-state index in [0.717, 1.165) is 4.88 Å². The molecule has 1 heterocycles. The van der Waals surface area contributed by atoms with Crippen LogP contribution in [0.3, 0.4) is 0 Å². The Balaban J connectivity index is 1.95. The van der Waals surface area contributed by atoms with Crippen molar-refractivity contribution in [3.63, 3.8) is 0 Å². The van der Waals surface area contributed by atoms with E-state index in [1.165, 1.54) is 30.6 Å². The Kier molecular flexibility index (Phi) is 3.40. The lowest BCUT2D eigenvalue weighted by Crippen LogP contribution is -2.28. The molecule has 0 saturated heterocycles. The van der Waals surface area contributed by atoms with Crippen LogP contribution in [0.25, 0.3) is 0 Å². The lowest BCUT2D eigenvalue weighted by Gasteiger charge is -2.17. The molecule has 2 nitrogen and oxygen atoms in total. The van der Waals surface area contributed by atoms with E-state index >= 15 is 0 Å². The SMILES string of the molecule is CC(NC1CCCC1)c1ccc(C#N)s1. The van der Waals surface area contributed by atoms with E-state index < -0.39 is 0 Å². The zero-order chi connectivity index (χ0) is 10.7. The van der Waals surface area contributed by atoms with Gasteiger partial charge in [-0.25, -0.2) is 0 Å². The topological polar surface area (TPSA) is 35.8 Å². The molecular weight excluding hydrogens is 204 g/mol. The fourth-order valence-corrected chi connectivity index (χ4v) is 2.99. The summed E-state index contributed by atoms with van der Waals surface area (Å²) in [5.41, 5.74) is 0. The van der Waals surface area contributed by atoms with Gasteiger partial charge in [0.2, 0.25) is 0 Å². The van der Waals surface area contributed by atoms with E-state index in [0.29, 0.717) is 12.1 Å². The molecule has 0 aliphatic heterocycles. The highest BCUT2D eigenvalue weighted by Gasteiger charge is 2.18. The lowest BCUT2D eigenvalue weighted by molar-refractivity contribution is 0.465. The second-order valence-corrected chi connectivity index (χ2v) is 5.30. The van der Waals surface area contributed by atoms with Crippen molar-refractivity contribution in [1.82, 2.24) is 5.32 Å². The predicted octanol–water partition coefficient (Wildman–Crippen LogP) is 3.21. The Morgan fingerprint density at radius 1 is 1.47 bits per heavy atom. The van der Waals surface area contributed by atoms with Gasteiger partial charge in [-0.3, -0.25) is 0 Å². The maximum atomic E-state index is 8.76. The quantitative estimate of drug-likeness (QED) is 0.849. The molecule has 15 heavy (non-hydrogen) atoms. The highest BCUT2D eigenvalue weighted by molar-refractivity contribution is 7.12. The van der Waals surface area contributed by atoms with Crippen LogP contribution in [0, 0.1) is 11.3 Å². The van der Waals surface area contributed by atoms with E-state index in [2.05, 4.69) is 24.4 Å². The molecule has 0 radical (unpaired) electrons. The predicted molar refractivity (Wildman–Crippen MR) is 62.8 cm³/mol. The van der Waals surface area contributed by atoms with Crippen LogP contribution in [0.15, 0.2) is 12.1 Å². The van der Waals surface area contributed by atoms with Gasteiger partial charge in [-0.05, 0) is 31.9 Å². The third-order valence-corrected chi connectivity index (χ3v) is 4.18. The van der Waals surface area contributed by atoms with Crippen LogP contribution in [0.5, 0.6) is 0 Å². The molecule has 1 aromatic rings. The number of hydrogen-bond donors (Lipinski definition) is 1. The van der Waals surface area contributed by atoms with Crippen molar-refractivity contribution >= 4 is 11.3 Å². The zero-order valence-corrected chi connectivity index (χ0v) is 9.81. The average Bonchev–Trinajstić information content (AvgIpc) is 2.86. The molecule has 80 valence electrons. The van der Waals surface area contributed by atoms with Gasteiger partial charge in [-0.1, -0.05) is 12.8 Å². The van der Waals surface area contributed by atoms with E-state index in [-0.39, 0.29) is 0 Å². The molecule has 1 saturated carbocycles. The molecule has 1 aliphatic rings. The van der Waals surface area contributed by atoms with Gasteiger partial charge >= 0.3 is 0 Å². The van der Waals surface area contributed by atoms with Crippen molar-refractivity contribution in [2.24, 2.45) is 0 Å². The summed E-state index contributed by atoms with van der Waals surface area (Å²) in [4.78, 5) is 2.09. The summed E-state index contributed by atoms with van der Waals surface area (Å²) in [6.07, 6.45) is 5.33. The number of nitrogens with zero attached hydrogens (tertiary/aromatic N) is 1. The van der Waals surface area contributed by atoms with E-state index in [1.54, 1.807) is 11.3 Å². The fraction of sp³-hybridized carbons (Fsp3) is 0.583. The molecule has 0 aromatic carbocycles.